The van der Waals surface area contributed by atoms with Gasteiger partial charge in [0, 0.05) is 37.7 Å². The summed E-state index contributed by atoms with van der Waals surface area (Å²) in [6.07, 6.45) is 2.51. The van der Waals surface area contributed by atoms with Gasteiger partial charge in [0.2, 0.25) is 5.91 Å². The van der Waals surface area contributed by atoms with E-state index in [4.69, 9.17) is 4.52 Å². The summed E-state index contributed by atoms with van der Waals surface area (Å²) >= 11 is 0. The van der Waals surface area contributed by atoms with Gasteiger partial charge in [0.05, 0.1) is 12.1 Å². The first-order chi connectivity index (χ1) is 12.1. The molecule has 0 aliphatic carbocycles. The predicted octanol–water partition coefficient (Wildman–Crippen LogP) is 2.63. The summed E-state index contributed by atoms with van der Waals surface area (Å²) in [6.45, 7) is 5.61. The van der Waals surface area contributed by atoms with Crippen LogP contribution in [-0.2, 0) is 17.6 Å². The molecule has 0 spiro atoms. The minimum atomic E-state index is 0. The zero-order chi connectivity index (χ0) is 17.3. The van der Waals surface area contributed by atoms with Gasteiger partial charge in [0.1, 0.15) is 5.76 Å². The second kappa shape index (κ2) is 7.80. The molecule has 1 aromatic carbocycles. The van der Waals surface area contributed by atoms with Crippen LogP contribution in [0.1, 0.15) is 23.4 Å². The average molecular weight is 376 g/mol. The third-order valence-corrected chi connectivity index (χ3v) is 5.79. The van der Waals surface area contributed by atoms with Gasteiger partial charge in [-0.05, 0) is 31.2 Å². The van der Waals surface area contributed by atoms with Crippen molar-refractivity contribution < 1.29 is 9.32 Å². The van der Waals surface area contributed by atoms with Crippen molar-refractivity contribution in [3.8, 4) is 0 Å². The van der Waals surface area contributed by atoms with E-state index in [9.17, 15) is 4.79 Å². The molecule has 0 radical (unpaired) electrons. The highest BCUT2D eigenvalue weighted by Crippen LogP contribution is 2.42. The van der Waals surface area contributed by atoms with Crippen molar-refractivity contribution in [1.82, 2.24) is 15.4 Å². The number of nitrogens with zero attached hydrogens (tertiary/aromatic N) is 2. The Morgan fingerprint density at radius 2 is 2.19 bits per heavy atom. The number of nitrogens with one attached hydrogen (secondary N) is 1. The lowest BCUT2D eigenvalue weighted by Gasteiger charge is -2.28. The molecule has 2 aliphatic heterocycles. The maximum absolute atomic E-state index is 12.7. The minimum absolute atomic E-state index is 0. The number of hydrogen-bond donors (Lipinski definition) is 1. The van der Waals surface area contributed by atoms with Gasteiger partial charge in [-0.1, -0.05) is 35.5 Å². The summed E-state index contributed by atoms with van der Waals surface area (Å²) in [7, 11) is 0. The van der Waals surface area contributed by atoms with Gasteiger partial charge in [-0.25, -0.2) is 0 Å². The molecule has 2 aliphatic rings. The van der Waals surface area contributed by atoms with Crippen molar-refractivity contribution in [2.75, 3.05) is 26.2 Å². The smallest absolute Gasteiger partial charge is 0.230 e. The number of likely N-dealkylation sites (tertiary alicyclic amines) is 1. The molecule has 2 unspecified atom stereocenters. The normalized spacial score (nSPS) is 24.3. The second-order valence-corrected chi connectivity index (χ2v) is 7.56. The first kappa shape index (κ1) is 18.9. The first-order valence-corrected chi connectivity index (χ1v) is 9.09. The number of rotatable bonds is 5. The molecule has 1 aromatic heterocycles. The van der Waals surface area contributed by atoms with E-state index in [1.54, 1.807) is 0 Å². The molecule has 2 aromatic rings. The van der Waals surface area contributed by atoms with Crippen LogP contribution < -0.4 is 5.32 Å². The lowest BCUT2D eigenvalue weighted by atomic mass is 9.76. The average Bonchev–Trinajstić information content (AvgIpc) is 3.28. The Bertz CT molecular complexity index is 749. The fraction of sp³-hybridized carbons (Fsp3) is 0.500. The predicted molar refractivity (Wildman–Crippen MR) is 102 cm³/mol. The third kappa shape index (κ3) is 3.79. The summed E-state index contributed by atoms with van der Waals surface area (Å²) in [4.78, 5) is 14.7. The van der Waals surface area contributed by atoms with Crippen LogP contribution in [-0.4, -0.2) is 42.1 Å². The quantitative estimate of drug-likeness (QED) is 0.872. The van der Waals surface area contributed by atoms with Crippen molar-refractivity contribution >= 4 is 18.3 Å². The molecular weight excluding hydrogens is 350 g/mol. The SMILES string of the molecule is Cc1cc(CC(=O)N2CC3CNCC3(CCc3ccccc3)C2)on1.Cl. The minimum Gasteiger partial charge on any atom is -0.361 e. The Balaban J connectivity index is 0.00000196. The zero-order valence-electron chi connectivity index (χ0n) is 15.1. The van der Waals surface area contributed by atoms with E-state index in [0.29, 0.717) is 18.1 Å². The molecule has 2 saturated heterocycles. The zero-order valence-corrected chi connectivity index (χ0v) is 15.9. The van der Waals surface area contributed by atoms with E-state index in [1.165, 1.54) is 5.56 Å². The molecule has 26 heavy (non-hydrogen) atoms. The van der Waals surface area contributed by atoms with Gasteiger partial charge in [0.25, 0.3) is 0 Å². The maximum Gasteiger partial charge on any atom is 0.230 e. The summed E-state index contributed by atoms with van der Waals surface area (Å²) in [5.41, 5.74) is 2.41. The van der Waals surface area contributed by atoms with E-state index >= 15 is 0 Å². The van der Waals surface area contributed by atoms with E-state index in [2.05, 4.69) is 40.8 Å². The van der Waals surface area contributed by atoms with Crippen LogP contribution in [0.25, 0.3) is 0 Å². The van der Waals surface area contributed by atoms with Crippen LogP contribution in [0.3, 0.4) is 0 Å². The topological polar surface area (TPSA) is 58.4 Å². The summed E-state index contributed by atoms with van der Waals surface area (Å²) in [6, 6.07) is 12.5. The van der Waals surface area contributed by atoms with E-state index in [-0.39, 0.29) is 23.7 Å². The number of carbonyl (C=O) groups is 1. The highest BCUT2D eigenvalue weighted by molar-refractivity contribution is 5.85. The van der Waals surface area contributed by atoms with Gasteiger partial charge in [0.15, 0.2) is 0 Å². The monoisotopic (exact) mass is 375 g/mol. The molecule has 5 nitrogen and oxygen atoms in total. The number of amides is 1. The Morgan fingerprint density at radius 3 is 2.92 bits per heavy atom. The first-order valence-electron chi connectivity index (χ1n) is 9.09. The van der Waals surface area contributed by atoms with Gasteiger partial charge in [-0.2, -0.15) is 0 Å². The Labute approximate surface area is 160 Å². The molecule has 2 fully saturated rings. The number of carbonyl (C=O) groups excluding carboxylic acids is 1. The van der Waals surface area contributed by atoms with E-state index in [1.807, 2.05) is 17.9 Å². The largest absolute Gasteiger partial charge is 0.361 e. The summed E-state index contributed by atoms with van der Waals surface area (Å²) in [5, 5.41) is 7.42. The molecule has 140 valence electrons. The van der Waals surface area contributed by atoms with Gasteiger partial charge in [-0.3, -0.25) is 4.79 Å². The number of benzene rings is 1. The van der Waals surface area contributed by atoms with Gasteiger partial charge >= 0.3 is 0 Å². The Hall–Kier alpha value is -1.85. The standard InChI is InChI=1S/C20H25N3O2.ClH/c1-15-9-18(25-22-15)10-19(24)23-12-17-11-21-13-20(17,14-23)8-7-16-5-3-2-4-6-16;/h2-6,9,17,21H,7-8,10-14H2,1H3;1H. The number of halogens is 1. The molecule has 6 heteroatoms. The second-order valence-electron chi connectivity index (χ2n) is 7.56. The third-order valence-electron chi connectivity index (χ3n) is 5.79. The molecule has 0 saturated carbocycles. The van der Waals surface area contributed by atoms with Crippen LogP contribution in [0.5, 0.6) is 0 Å². The molecular formula is C20H26ClN3O2. The number of hydrogen-bond acceptors (Lipinski definition) is 4. The molecule has 2 atom stereocenters. The fourth-order valence-corrected chi connectivity index (χ4v) is 4.37. The highest BCUT2D eigenvalue weighted by Gasteiger charge is 2.50. The lowest BCUT2D eigenvalue weighted by Crippen LogP contribution is -2.36. The summed E-state index contributed by atoms with van der Waals surface area (Å²) in [5.74, 6) is 1.37. The maximum atomic E-state index is 12.7. The fourth-order valence-electron chi connectivity index (χ4n) is 4.37. The van der Waals surface area contributed by atoms with Crippen molar-refractivity contribution in [2.24, 2.45) is 11.3 Å². The number of aromatic nitrogens is 1. The van der Waals surface area contributed by atoms with Crippen molar-refractivity contribution in [3.05, 3.63) is 53.4 Å². The van der Waals surface area contributed by atoms with Gasteiger partial charge in [-0.15, -0.1) is 12.4 Å². The van der Waals surface area contributed by atoms with Crippen molar-refractivity contribution in [2.45, 2.75) is 26.2 Å². The molecule has 1 N–H and O–H groups in total. The molecule has 4 rings (SSSR count). The Morgan fingerprint density at radius 1 is 1.38 bits per heavy atom. The van der Waals surface area contributed by atoms with Crippen LogP contribution in [0.15, 0.2) is 40.9 Å². The van der Waals surface area contributed by atoms with Crippen LogP contribution in [0.4, 0.5) is 0 Å². The van der Waals surface area contributed by atoms with Crippen LogP contribution in [0.2, 0.25) is 0 Å². The molecule has 0 bridgehead atoms. The van der Waals surface area contributed by atoms with Crippen molar-refractivity contribution in [1.29, 1.82) is 0 Å². The highest BCUT2D eigenvalue weighted by atomic mass is 35.5. The lowest BCUT2D eigenvalue weighted by molar-refractivity contribution is -0.130. The van der Waals surface area contributed by atoms with E-state index < -0.39 is 0 Å². The van der Waals surface area contributed by atoms with Gasteiger partial charge < -0.3 is 14.7 Å². The van der Waals surface area contributed by atoms with Crippen LogP contribution in [0, 0.1) is 18.3 Å². The molecule has 3 heterocycles. The number of aryl methyl sites for hydroxylation is 2. The van der Waals surface area contributed by atoms with Crippen molar-refractivity contribution in [3.63, 3.8) is 0 Å². The Kier molecular flexibility index (Phi) is 5.68. The van der Waals surface area contributed by atoms with E-state index in [0.717, 1.165) is 44.7 Å². The summed E-state index contributed by atoms with van der Waals surface area (Å²) < 4.78 is 5.21. The van der Waals surface area contributed by atoms with Crippen LogP contribution >= 0.6 is 12.4 Å². The number of fused-ring (bicyclic) bond motifs is 1. The molecule has 1 amide bonds.